The maximum Gasteiger partial charge on any atom is 0.573 e. The second-order valence-corrected chi connectivity index (χ2v) is 4.22. The lowest BCUT2D eigenvalue weighted by molar-refractivity contribution is -0.274. The molecule has 2 rings (SSSR count). The molecule has 8 heteroatoms. The normalized spacial score (nSPS) is 15.9. The van der Waals surface area contributed by atoms with Crippen LogP contribution in [0.5, 0.6) is 5.75 Å². The van der Waals surface area contributed by atoms with Crippen molar-refractivity contribution in [3.63, 3.8) is 0 Å². The largest absolute Gasteiger partial charge is 0.573 e. The number of nitrogens with zero attached hydrogens (tertiary/aromatic N) is 1. The van der Waals surface area contributed by atoms with Gasteiger partial charge in [0.2, 0.25) is 0 Å². The molecule has 0 aliphatic carbocycles. The molecule has 1 heterocycles. The molecule has 1 N–H and O–H groups in total. The molecule has 20 heavy (non-hydrogen) atoms. The number of ether oxygens (including phenoxy) is 1. The fraction of sp³-hybridized carbons (Fsp3) is 0.500. The smallest absolute Gasteiger partial charge is 0.406 e. The van der Waals surface area contributed by atoms with Crippen molar-refractivity contribution in [3.05, 3.63) is 29.8 Å². The highest BCUT2D eigenvalue weighted by Crippen LogP contribution is 2.23. The molecule has 0 saturated carbocycles. The second kappa shape index (κ2) is 8.56. The summed E-state index contributed by atoms with van der Waals surface area (Å²) in [5.74, 6) is -0.174. The van der Waals surface area contributed by atoms with Crippen LogP contribution in [0.15, 0.2) is 24.3 Å². The van der Waals surface area contributed by atoms with Crippen molar-refractivity contribution in [1.82, 2.24) is 10.2 Å². The van der Waals surface area contributed by atoms with E-state index in [1.165, 1.54) is 12.1 Å². The average Bonchev–Trinajstić information content (AvgIpc) is 2.31. The number of rotatable bonds is 3. The van der Waals surface area contributed by atoms with Crippen molar-refractivity contribution >= 4 is 24.8 Å². The highest BCUT2D eigenvalue weighted by Gasteiger charge is 2.30. The van der Waals surface area contributed by atoms with E-state index in [1.807, 2.05) is 0 Å². The number of piperazine rings is 1. The molecule has 0 amide bonds. The van der Waals surface area contributed by atoms with Crippen LogP contribution in [0.3, 0.4) is 0 Å². The summed E-state index contributed by atoms with van der Waals surface area (Å²) in [6, 6.07) is 6.04. The zero-order valence-electron chi connectivity index (χ0n) is 10.7. The van der Waals surface area contributed by atoms with Crippen LogP contribution in [-0.2, 0) is 6.54 Å². The summed E-state index contributed by atoms with van der Waals surface area (Å²) < 4.78 is 39.8. The average molecular weight is 333 g/mol. The van der Waals surface area contributed by atoms with E-state index in [1.54, 1.807) is 12.1 Å². The molecule has 1 aromatic rings. The van der Waals surface area contributed by atoms with E-state index in [9.17, 15) is 13.2 Å². The highest BCUT2D eigenvalue weighted by molar-refractivity contribution is 5.85. The topological polar surface area (TPSA) is 24.5 Å². The third-order valence-corrected chi connectivity index (χ3v) is 2.77. The Hall–Kier alpha value is -0.690. The molecule has 0 bridgehead atoms. The summed E-state index contributed by atoms with van der Waals surface area (Å²) in [5.41, 5.74) is 0.992. The van der Waals surface area contributed by atoms with Crippen molar-refractivity contribution in [3.8, 4) is 5.75 Å². The molecular formula is C12H17Cl2F3N2O. The first-order chi connectivity index (χ1) is 8.53. The Morgan fingerprint density at radius 3 is 2.10 bits per heavy atom. The van der Waals surface area contributed by atoms with Gasteiger partial charge in [-0.15, -0.1) is 38.0 Å². The predicted octanol–water partition coefficient (Wildman–Crippen LogP) is 2.83. The first kappa shape index (κ1) is 19.3. The molecule has 1 saturated heterocycles. The van der Waals surface area contributed by atoms with Gasteiger partial charge in [-0.25, -0.2) is 0 Å². The Bertz CT molecular complexity index is 381. The highest BCUT2D eigenvalue weighted by atomic mass is 35.5. The number of nitrogens with one attached hydrogen (secondary N) is 1. The van der Waals surface area contributed by atoms with Crippen LogP contribution in [-0.4, -0.2) is 37.4 Å². The number of benzene rings is 1. The van der Waals surface area contributed by atoms with E-state index in [-0.39, 0.29) is 30.6 Å². The van der Waals surface area contributed by atoms with E-state index < -0.39 is 6.36 Å². The molecule has 1 aliphatic rings. The van der Waals surface area contributed by atoms with Gasteiger partial charge in [0.1, 0.15) is 5.75 Å². The van der Waals surface area contributed by atoms with Gasteiger partial charge < -0.3 is 10.1 Å². The fourth-order valence-corrected chi connectivity index (χ4v) is 1.92. The molecule has 1 fully saturated rings. The Morgan fingerprint density at radius 1 is 1.05 bits per heavy atom. The molecule has 1 aliphatic heterocycles. The van der Waals surface area contributed by atoms with E-state index >= 15 is 0 Å². The van der Waals surface area contributed by atoms with Gasteiger partial charge in [0.25, 0.3) is 0 Å². The minimum absolute atomic E-state index is 0. The predicted molar refractivity (Wildman–Crippen MR) is 75.8 cm³/mol. The minimum atomic E-state index is -4.62. The van der Waals surface area contributed by atoms with Crippen molar-refractivity contribution < 1.29 is 17.9 Å². The van der Waals surface area contributed by atoms with Crippen LogP contribution >= 0.6 is 24.8 Å². The minimum Gasteiger partial charge on any atom is -0.406 e. The van der Waals surface area contributed by atoms with Gasteiger partial charge in [-0.1, -0.05) is 12.1 Å². The van der Waals surface area contributed by atoms with Gasteiger partial charge in [-0.05, 0) is 17.7 Å². The standard InChI is InChI=1S/C12H15F3N2O.2ClH/c13-12(14,15)18-11-3-1-10(2-4-11)9-17-7-5-16-6-8-17;;/h1-4,16H,5-9H2;2*1H. The third-order valence-electron chi connectivity index (χ3n) is 2.77. The van der Waals surface area contributed by atoms with E-state index in [0.717, 1.165) is 38.3 Å². The zero-order chi connectivity index (χ0) is 13.0. The van der Waals surface area contributed by atoms with Crippen LogP contribution in [0.1, 0.15) is 5.56 Å². The Balaban J connectivity index is 0.00000180. The quantitative estimate of drug-likeness (QED) is 0.921. The summed E-state index contributed by atoms with van der Waals surface area (Å²) in [6.45, 7) is 4.58. The van der Waals surface area contributed by atoms with Crippen LogP contribution < -0.4 is 10.1 Å². The third kappa shape index (κ3) is 6.65. The number of alkyl halides is 3. The lowest BCUT2D eigenvalue weighted by Gasteiger charge is -2.27. The Labute approximate surface area is 128 Å². The molecule has 0 spiro atoms. The van der Waals surface area contributed by atoms with Crippen LogP contribution in [0.2, 0.25) is 0 Å². The maximum absolute atomic E-state index is 12.0. The fourth-order valence-electron chi connectivity index (χ4n) is 1.92. The molecule has 0 unspecified atom stereocenters. The molecule has 3 nitrogen and oxygen atoms in total. The molecule has 1 aromatic carbocycles. The van der Waals surface area contributed by atoms with Crippen molar-refractivity contribution in [1.29, 1.82) is 0 Å². The summed E-state index contributed by atoms with van der Waals surface area (Å²) >= 11 is 0. The molecule has 0 atom stereocenters. The van der Waals surface area contributed by atoms with Crippen LogP contribution in [0, 0.1) is 0 Å². The maximum atomic E-state index is 12.0. The van der Waals surface area contributed by atoms with Gasteiger partial charge in [-0.2, -0.15) is 0 Å². The van der Waals surface area contributed by atoms with E-state index in [4.69, 9.17) is 0 Å². The molecule has 0 aromatic heterocycles. The first-order valence-electron chi connectivity index (χ1n) is 5.81. The summed E-state index contributed by atoms with van der Waals surface area (Å²) in [4.78, 5) is 2.26. The molecule has 0 radical (unpaired) electrons. The van der Waals surface area contributed by atoms with Crippen molar-refractivity contribution in [2.75, 3.05) is 26.2 Å². The molecular weight excluding hydrogens is 316 g/mol. The van der Waals surface area contributed by atoms with Crippen molar-refractivity contribution in [2.45, 2.75) is 12.9 Å². The van der Waals surface area contributed by atoms with E-state index in [0.29, 0.717) is 0 Å². The van der Waals surface area contributed by atoms with Gasteiger partial charge in [0.15, 0.2) is 0 Å². The van der Waals surface area contributed by atoms with Gasteiger partial charge in [0, 0.05) is 32.7 Å². The van der Waals surface area contributed by atoms with Crippen LogP contribution in [0.25, 0.3) is 0 Å². The first-order valence-corrected chi connectivity index (χ1v) is 5.81. The number of hydrogen-bond acceptors (Lipinski definition) is 3. The summed E-state index contributed by atoms with van der Waals surface area (Å²) in [7, 11) is 0. The SMILES string of the molecule is Cl.Cl.FC(F)(F)Oc1ccc(CN2CCNCC2)cc1. The van der Waals surface area contributed by atoms with Crippen LogP contribution in [0.4, 0.5) is 13.2 Å². The van der Waals surface area contributed by atoms with Gasteiger partial charge in [0.05, 0.1) is 0 Å². The summed E-state index contributed by atoms with van der Waals surface area (Å²) in [6.07, 6.45) is -4.62. The Morgan fingerprint density at radius 2 is 1.60 bits per heavy atom. The van der Waals surface area contributed by atoms with Gasteiger partial charge >= 0.3 is 6.36 Å². The molecule has 116 valence electrons. The van der Waals surface area contributed by atoms with Gasteiger partial charge in [-0.3, -0.25) is 4.90 Å². The summed E-state index contributed by atoms with van der Waals surface area (Å²) in [5, 5.41) is 3.25. The lowest BCUT2D eigenvalue weighted by atomic mass is 10.2. The lowest BCUT2D eigenvalue weighted by Crippen LogP contribution is -2.42. The monoisotopic (exact) mass is 332 g/mol. The number of hydrogen-bond donors (Lipinski definition) is 1. The number of halogens is 5. The van der Waals surface area contributed by atoms with E-state index in [2.05, 4.69) is 15.0 Å². The van der Waals surface area contributed by atoms with Crippen molar-refractivity contribution in [2.24, 2.45) is 0 Å². The second-order valence-electron chi connectivity index (χ2n) is 4.22. The zero-order valence-corrected chi connectivity index (χ0v) is 12.3. The Kier molecular flexibility index (Phi) is 8.27.